The van der Waals surface area contributed by atoms with Crippen LogP contribution >= 0.6 is 15.9 Å². The van der Waals surface area contributed by atoms with E-state index in [2.05, 4.69) is 15.9 Å². The summed E-state index contributed by atoms with van der Waals surface area (Å²) in [5.74, 6) is 0.251. The number of hydrogen-bond acceptors (Lipinski definition) is 1. The molecule has 3 rings (SSSR count). The number of halogens is 2. The van der Waals surface area contributed by atoms with Gasteiger partial charge in [-0.2, -0.15) is 0 Å². The van der Waals surface area contributed by atoms with Crippen LogP contribution in [-0.2, 0) is 0 Å². The van der Waals surface area contributed by atoms with E-state index >= 15 is 0 Å². The topological polar surface area (TPSA) is 20.3 Å². The maximum Gasteiger partial charge on any atom is 0.255 e. The fourth-order valence-electron chi connectivity index (χ4n) is 3.88. The Morgan fingerprint density at radius 3 is 2.67 bits per heavy atom. The molecule has 0 bridgehead atoms. The first-order valence-electron chi connectivity index (χ1n) is 7.93. The first kappa shape index (κ1) is 15.0. The molecule has 0 N–H and O–H groups in total. The van der Waals surface area contributed by atoms with Crippen molar-refractivity contribution in [2.24, 2.45) is 5.92 Å². The first-order chi connectivity index (χ1) is 10.2. The van der Waals surface area contributed by atoms with Crippen molar-refractivity contribution in [3.05, 3.63) is 34.1 Å². The zero-order valence-corrected chi connectivity index (χ0v) is 13.7. The van der Waals surface area contributed by atoms with Crippen molar-refractivity contribution >= 4 is 21.8 Å². The van der Waals surface area contributed by atoms with E-state index in [4.69, 9.17) is 0 Å². The third-order valence-electron chi connectivity index (χ3n) is 4.94. The number of nitrogens with zero attached hydrogens (tertiary/aromatic N) is 1. The third-order valence-corrected chi connectivity index (χ3v) is 5.74. The summed E-state index contributed by atoms with van der Waals surface area (Å²) in [6.07, 6.45) is 8.53. The Balaban J connectivity index is 1.81. The van der Waals surface area contributed by atoms with Crippen LogP contribution in [0.5, 0.6) is 0 Å². The fraction of sp³-hybridized carbons (Fsp3) is 0.588. The van der Waals surface area contributed by atoms with Crippen molar-refractivity contribution in [2.45, 2.75) is 51.0 Å². The molecule has 2 aliphatic rings. The van der Waals surface area contributed by atoms with Crippen molar-refractivity contribution in [3.8, 4) is 0 Å². The molecule has 1 saturated heterocycles. The fourth-order valence-corrected chi connectivity index (χ4v) is 4.31. The minimum Gasteiger partial charge on any atom is -0.335 e. The molecular formula is C17H21BrFNO. The van der Waals surface area contributed by atoms with Gasteiger partial charge in [-0.25, -0.2) is 4.39 Å². The van der Waals surface area contributed by atoms with Gasteiger partial charge in [-0.05, 0) is 59.7 Å². The number of carbonyl (C=O) groups is 1. The summed E-state index contributed by atoms with van der Waals surface area (Å²) >= 11 is 3.22. The highest BCUT2D eigenvalue weighted by Gasteiger charge is 2.36. The van der Waals surface area contributed by atoms with Crippen molar-refractivity contribution in [1.82, 2.24) is 4.90 Å². The third kappa shape index (κ3) is 3.01. The van der Waals surface area contributed by atoms with Crippen LogP contribution in [0, 0.1) is 11.7 Å². The van der Waals surface area contributed by atoms with Crippen molar-refractivity contribution in [1.29, 1.82) is 0 Å². The van der Waals surface area contributed by atoms with Crippen LogP contribution in [0.15, 0.2) is 22.7 Å². The largest absolute Gasteiger partial charge is 0.335 e. The maximum atomic E-state index is 13.7. The molecule has 2 fully saturated rings. The Labute approximate surface area is 133 Å². The summed E-state index contributed by atoms with van der Waals surface area (Å²) in [7, 11) is 0. The standard InChI is InChI=1S/C17H21BrFNO/c18-16-13(8-4-9-14(16)19)17(21)20-11-5-10-15(20)12-6-2-1-3-7-12/h4,8-9,12,15H,1-3,5-7,10-11H2. The SMILES string of the molecule is O=C(c1cccc(F)c1Br)N1CCCC1C1CCCCC1. The number of benzene rings is 1. The minimum atomic E-state index is -0.366. The molecule has 1 aromatic rings. The number of rotatable bonds is 2. The lowest BCUT2D eigenvalue weighted by Crippen LogP contribution is -2.41. The van der Waals surface area contributed by atoms with Gasteiger partial charge in [0.05, 0.1) is 10.0 Å². The molecule has 1 unspecified atom stereocenters. The number of hydrogen-bond donors (Lipinski definition) is 0. The Morgan fingerprint density at radius 1 is 1.14 bits per heavy atom. The van der Waals surface area contributed by atoms with Crippen LogP contribution in [-0.4, -0.2) is 23.4 Å². The van der Waals surface area contributed by atoms with Crippen LogP contribution in [0.3, 0.4) is 0 Å². The molecule has 1 aliphatic carbocycles. The van der Waals surface area contributed by atoms with Crippen molar-refractivity contribution in [2.75, 3.05) is 6.54 Å². The first-order valence-corrected chi connectivity index (χ1v) is 8.73. The van der Waals surface area contributed by atoms with Gasteiger partial charge in [0.1, 0.15) is 5.82 Å². The molecule has 1 saturated carbocycles. The van der Waals surface area contributed by atoms with Gasteiger partial charge in [-0.3, -0.25) is 4.79 Å². The minimum absolute atomic E-state index is 0.0190. The quantitative estimate of drug-likeness (QED) is 0.749. The van der Waals surface area contributed by atoms with Gasteiger partial charge in [0.15, 0.2) is 0 Å². The normalized spacial score (nSPS) is 23.5. The number of likely N-dealkylation sites (tertiary alicyclic amines) is 1. The monoisotopic (exact) mass is 353 g/mol. The van der Waals surface area contributed by atoms with Crippen molar-refractivity contribution < 1.29 is 9.18 Å². The molecule has 21 heavy (non-hydrogen) atoms. The van der Waals surface area contributed by atoms with Gasteiger partial charge in [0.2, 0.25) is 0 Å². The van der Waals surface area contributed by atoms with Crippen LogP contribution in [0.1, 0.15) is 55.3 Å². The average Bonchev–Trinajstić information content (AvgIpc) is 3.00. The smallest absolute Gasteiger partial charge is 0.255 e. The molecule has 4 heteroatoms. The van der Waals surface area contributed by atoms with Gasteiger partial charge < -0.3 is 4.90 Å². The van der Waals surface area contributed by atoms with Gasteiger partial charge in [0, 0.05) is 12.6 Å². The molecule has 2 nitrogen and oxygen atoms in total. The Hall–Kier alpha value is -0.900. The van der Waals surface area contributed by atoms with E-state index in [0.717, 1.165) is 19.4 Å². The lowest BCUT2D eigenvalue weighted by Gasteiger charge is -2.34. The molecule has 114 valence electrons. The molecule has 1 atom stereocenters. The Morgan fingerprint density at radius 2 is 1.90 bits per heavy atom. The van der Waals surface area contributed by atoms with Crippen LogP contribution in [0.25, 0.3) is 0 Å². The van der Waals surface area contributed by atoms with Crippen LogP contribution in [0.2, 0.25) is 0 Å². The zero-order chi connectivity index (χ0) is 14.8. The average molecular weight is 354 g/mol. The number of amides is 1. The molecule has 1 amide bonds. The zero-order valence-electron chi connectivity index (χ0n) is 12.2. The van der Waals surface area contributed by atoms with E-state index in [-0.39, 0.29) is 11.7 Å². The number of carbonyl (C=O) groups excluding carboxylic acids is 1. The van der Waals surface area contributed by atoms with E-state index in [1.807, 2.05) is 4.90 Å². The second-order valence-electron chi connectivity index (χ2n) is 6.21. The highest BCUT2D eigenvalue weighted by Crippen LogP contribution is 2.35. The van der Waals surface area contributed by atoms with E-state index in [1.165, 1.54) is 38.2 Å². The molecule has 0 spiro atoms. The second kappa shape index (κ2) is 6.47. The molecule has 1 aromatic carbocycles. The van der Waals surface area contributed by atoms with Crippen LogP contribution < -0.4 is 0 Å². The van der Waals surface area contributed by atoms with E-state index in [1.54, 1.807) is 12.1 Å². The summed E-state index contributed by atoms with van der Waals surface area (Å²) in [6, 6.07) is 5.06. The summed E-state index contributed by atoms with van der Waals surface area (Å²) in [5, 5.41) is 0. The van der Waals surface area contributed by atoms with E-state index in [9.17, 15) is 9.18 Å². The van der Waals surface area contributed by atoms with Crippen molar-refractivity contribution in [3.63, 3.8) is 0 Å². The predicted molar refractivity (Wildman–Crippen MR) is 84.7 cm³/mol. The molecule has 0 aromatic heterocycles. The highest BCUT2D eigenvalue weighted by molar-refractivity contribution is 9.10. The Kier molecular flexibility index (Phi) is 4.63. The predicted octanol–water partition coefficient (Wildman–Crippen LogP) is 4.77. The molecule has 0 radical (unpaired) electrons. The van der Waals surface area contributed by atoms with E-state index < -0.39 is 0 Å². The molecule has 1 aliphatic heterocycles. The Bertz CT molecular complexity index is 528. The van der Waals surface area contributed by atoms with Gasteiger partial charge in [-0.15, -0.1) is 0 Å². The summed E-state index contributed by atoms with van der Waals surface area (Å²) in [4.78, 5) is 14.8. The second-order valence-corrected chi connectivity index (χ2v) is 7.00. The summed E-state index contributed by atoms with van der Waals surface area (Å²) in [6.45, 7) is 0.808. The maximum absolute atomic E-state index is 13.7. The van der Waals surface area contributed by atoms with Crippen LogP contribution in [0.4, 0.5) is 4.39 Å². The lowest BCUT2D eigenvalue weighted by atomic mass is 9.83. The molecular weight excluding hydrogens is 333 g/mol. The summed E-state index contributed by atoms with van der Waals surface area (Å²) < 4.78 is 14.0. The lowest BCUT2D eigenvalue weighted by molar-refractivity contribution is 0.0660. The van der Waals surface area contributed by atoms with E-state index in [0.29, 0.717) is 22.0 Å². The molecule has 1 heterocycles. The summed E-state index contributed by atoms with van der Waals surface area (Å²) in [5.41, 5.74) is 0.456. The van der Waals surface area contributed by atoms with Gasteiger partial charge >= 0.3 is 0 Å². The highest BCUT2D eigenvalue weighted by atomic mass is 79.9. The van der Waals surface area contributed by atoms with Gasteiger partial charge in [0.25, 0.3) is 5.91 Å². The van der Waals surface area contributed by atoms with Gasteiger partial charge in [-0.1, -0.05) is 25.3 Å².